The molecule has 4 heteroatoms. The van der Waals surface area contributed by atoms with Crippen molar-refractivity contribution in [2.24, 2.45) is 5.92 Å². The van der Waals surface area contributed by atoms with Gasteiger partial charge < -0.3 is 15.3 Å². The molecule has 136 valence electrons. The van der Waals surface area contributed by atoms with Gasteiger partial charge in [0.15, 0.2) is 5.54 Å². The Bertz CT molecular complexity index is 750. The molecule has 2 heterocycles. The fraction of sp³-hybridized carbons (Fsp3) is 0.409. The Morgan fingerprint density at radius 3 is 2.08 bits per heavy atom. The van der Waals surface area contributed by atoms with Crippen molar-refractivity contribution in [3.05, 3.63) is 66.2 Å². The van der Waals surface area contributed by atoms with Crippen molar-refractivity contribution < 1.29 is 9.90 Å². The molecule has 3 unspecified atom stereocenters. The van der Waals surface area contributed by atoms with Gasteiger partial charge in [0.25, 0.3) is 0 Å². The number of nitrogens with one attached hydrogen (secondary N) is 1. The van der Waals surface area contributed by atoms with E-state index in [9.17, 15) is 9.90 Å². The van der Waals surface area contributed by atoms with E-state index in [-0.39, 0.29) is 5.92 Å². The van der Waals surface area contributed by atoms with Crippen molar-refractivity contribution in [2.45, 2.75) is 43.3 Å². The minimum absolute atomic E-state index is 0.0521. The number of carboxylic acids is 1. The van der Waals surface area contributed by atoms with Gasteiger partial charge in [0.05, 0.1) is 0 Å². The molecule has 2 fully saturated rings. The Balaban J connectivity index is 1.79. The van der Waals surface area contributed by atoms with Crippen LogP contribution in [0.4, 0.5) is 5.69 Å². The number of aliphatic carboxylic acids is 1. The largest absolute Gasteiger partial charge is 0.479 e. The predicted molar refractivity (Wildman–Crippen MR) is 103 cm³/mol. The summed E-state index contributed by atoms with van der Waals surface area (Å²) >= 11 is 0. The maximum absolute atomic E-state index is 12.8. The third kappa shape index (κ3) is 2.78. The topological polar surface area (TPSA) is 52.6 Å². The standard InChI is InChI=1S/C22H26N2O2/c1-24-19-12-13-20(24)15-17(14-19)22(21(25)26,16-8-4-2-5-9-16)23-18-10-6-3-7-11-18/h2-11,17,19-20,23H,12-15H2,1H3,(H,25,26). The first-order valence-electron chi connectivity index (χ1n) is 9.45. The van der Waals surface area contributed by atoms with Gasteiger partial charge in [0.1, 0.15) is 0 Å². The van der Waals surface area contributed by atoms with Crippen LogP contribution in [0.3, 0.4) is 0 Å². The lowest BCUT2D eigenvalue weighted by Crippen LogP contribution is -2.55. The highest BCUT2D eigenvalue weighted by atomic mass is 16.4. The van der Waals surface area contributed by atoms with E-state index in [1.807, 2.05) is 60.7 Å². The molecule has 0 amide bonds. The molecule has 2 saturated heterocycles. The van der Waals surface area contributed by atoms with Gasteiger partial charge in [-0.3, -0.25) is 0 Å². The van der Waals surface area contributed by atoms with Crippen molar-refractivity contribution in [1.82, 2.24) is 4.90 Å². The second-order valence-electron chi connectivity index (χ2n) is 7.69. The molecule has 2 aliphatic heterocycles. The fourth-order valence-electron chi connectivity index (χ4n) is 4.98. The number of rotatable bonds is 5. The Labute approximate surface area is 154 Å². The fourth-order valence-corrected chi connectivity index (χ4v) is 4.98. The van der Waals surface area contributed by atoms with Crippen LogP contribution in [0, 0.1) is 5.92 Å². The third-order valence-corrected chi connectivity index (χ3v) is 6.39. The average molecular weight is 350 g/mol. The zero-order chi connectivity index (χ0) is 18.1. The molecule has 2 aliphatic rings. The monoisotopic (exact) mass is 350 g/mol. The molecule has 2 bridgehead atoms. The van der Waals surface area contributed by atoms with Gasteiger partial charge >= 0.3 is 5.97 Å². The molecule has 0 aliphatic carbocycles. The van der Waals surface area contributed by atoms with Crippen LogP contribution in [0.15, 0.2) is 60.7 Å². The Kier molecular flexibility index (Phi) is 4.45. The zero-order valence-electron chi connectivity index (χ0n) is 15.1. The van der Waals surface area contributed by atoms with E-state index in [0.29, 0.717) is 12.1 Å². The number of hydrogen-bond acceptors (Lipinski definition) is 3. The molecule has 2 aromatic rings. The van der Waals surface area contributed by atoms with E-state index >= 15 is 0 Å². The molecule has 2 N–H and O–H groups in total. The van der Waals surface area contributed by atoms with Gasteiger partial charge in [0, 0.05) is 23.7 Å². The van der Waals surface area contributed by atoms with Gasteiger partial charge in [-0.2, -0.15) is 0 Å². The molecule has 3 atom stereocenters. The first kappa shape index (κ1) is 17.1. The zero-order valence-corrected chi connectivity index (χ0v) is 15.1. The van der Waals surface area contributed by atoms with Gasteiger partial charge in [-0.1, -0.05) is 48.5 Å². The third-order valence-electron chi connectivity index (χ3n) is 6.39. The highest BCUT2D eigenvalue weighted by Crippen LogP contribution is 2.47. The molecule has 0 spiro atoms. The molecular formula is C22H26N2O2. The summed E-state index contributed by atoms with van der Waals surface area (Å²) in [5.74, 6) is -0.738. The summed E-state index contributed by atoms with van der Waals surface area (Å²) in [5, 5.41) is 13.9. The average Bonchev–Trinajstić information content (AvgIpc) is 2.87. The number of carboxylic acid groups (broad SMARTS) is 1. The molecule has 0 saturated carbocycles. The van der Waals surface area contributed by atoms with E-state index in [1.54, 1.807) is 0 Å². The Morgan fingerprint density at radius 1 is 1.00 bits per heavy atom. The molecule has 2 aromatic carbocycles. The van der Waals surface area contributed by atoms with Crippen molar-refractivity contribution in [2.75, 3.05) is 12.4 Å². The van der Waals surface area contributed by atoms with Crippen LogP contribution in [-0.4, -0.2) is 35.1 Å². The Morgan fingerprint density at radius 2 is 1.54 bits per heavy atom. The highest BCUT2D eigenvalue weighted by Gasteiger charge is 2.53. The molecule has 0 aromatic heterocycles. The molecule has 26 heavy (non-hydrogen) atoms. The van der Waals surface area contributed by atoms with Crippen LogP contribution in [0.2, 0.25) is 0 Å². The highest BCUT2D eigenvalue weighted by molar-refractivity contribution is 5.85. The van der Waals surface area contributed by atoms with Crippen molar-refractivity contribution in [3.63, 3.8) is 0 Å². The number of anilines is 1. The van der Waals surface area contributed by atoms with Gasteiger partial charge in [-0.05, 0) is 50.4 Å². The summed E-state index contributed by atoms with van der Waals surface area (Å²) in [4.78, 5) is 15.2. The summed E-state index contributed by atoms with van der Waals surface area (Å²) in [6.07, 6.45) is 4.17. The number of hydrogen-bond donors (Lipinski definition) is 2. The number of fused-ring (bicyclic) bond motifs is 2. The summed E-state index contributed by atoms with van der Waals surface area (Å²) in [7, 11) is 2.19. The number of carbonyl (C=O) groups is 1. The summed E-state index contributed by atoms with van der Waals surface area (Å²) in [6, 6.07) is 20.4. The summed E-state index contributed by atoms with van der Waals surface area (Å²) in [5.41, 5.74) is 0.584. The second-order valence-corrected chi connectivity index (χ2v) is 7.69. The van der Waals surface area contributed by atoms with E-state index < -0.39 is 11.5 Å². The number of para-hydroxylation sites is 1. The minimum atomic E-state index is -1.11. The van der Waals surface area contributed by atoms with Crippen molar-refractivity contribution in [3.8, 4) is 0 Å². The quantitative estimate of drug-likeness (QED) is 0.857. The van der Waals surface area contributed by atoms with Crippen LogP contribution in [0.5, 0.6) is 0 Å². The van der Waals surface area contributed by atoms with Gasteiger partial charge in [0.2, 0.25) is 0 Å². The molecule has 4 nitrogen and oxygen atoms in total. The lowest BCUT2D eigenvalue weighted by Gasteiger charge is -2.45. The first-order chi connectivity index (χ1) is 12.6. The minimum Gasteiger partial charge on any atom is -0.479 e. The number of piperidine rings is 1. The van der Waals surface area contributed by atoms with Crippen molar-refractivity contribution >= 4 is 11.7 Å². The van der Waals surface area contributed by atoms with E-state index in [4.69, 9.17) is 0 Å². The summed E-state index contributed by atoms with van der Waals surface area (Å²) < 4.78 is 0. The van der Waals surface area contributed by atoms with E-state index in [1.165, 1.54) is 12.8 Å². The summed E-state index contributed by atoms with van der Waals surface area (Å²) in [6.45, 7) is 0. The first-order valence-corrected chi connectivity index (χ1v) is 9.45. The lowest BCUT2D eigenvalue weighted by atomic mass is 9.71. The maximum Gasteiger partial charge on any atom is 0.334 e. The van der Waals surface area contributed by atoms with Crippen LogP contribution in [-0.2, 0) is 10.3 Å². The van der Waals surface area contributed by atoms with E-state index in [2.05, 4.69) is 17.3 Å². The number of nitrogens with zero attached hydrogens (tertiary/aromatic N) is 1. The van der Waals surface area contributed by atoms with Crippen LogP contribution in [0.25, 0.3) is 0 Å². The predicted octanol–water partition coefficient (Wildman–Crippen LogP) is 3.95. The smallest absolute Gasteiger partial charge is 0.334 e. The van der Waals surface area contributed by atoms with Gasteiger partial charge in [-0.15, -0.1) is 0 Å². The van der Waals surface area contributed by atoms with Crippen LogP contribution < -0.4 is 5.32 Å². The molecular weight excluding hydrogens is 324 g/mol. The normalized spacial score (nSPS) is 27.7. The van der Waals surface area contributed by atoms with E-state index in [0.717, 1.165) is 24.1 Å². The Hall–Kier alpha value is -2.33. The number of benzene rings is 2. The molecule has 4 rings (SSSR count). The SMILES string of the molecule is CN1C2CCC1CC(C(Nc1ccccc1)(C(=O)O)c1ccccc1)C2. The van der Waals surface area contributed by atoms with Crippen molar-refractivity contribution in [1.29, 1.82) is 0 Å². The lowest BCUT2D eigenvalue weighted by molar-refractivity contribution is -0.146. The maximum atomic E-state index is 12.8. The van der Waals surface area contributed by atoms with Crippen LogP contribution >= 0.6 is 0 Å². The van der Waals surface area contributed by atoms with Gasteiger partial charge in [-0.25, -0.2) is 4.79 Å². The van der Waals surface area contributed by atoms with Crippen LogP contribution in [0.1, 0.15) is 31.2 Å². The second kappa shape index (κ2) is 6.76. The molecule has 0 radical (unpaired) electrons.